The topological polar surface area (TPSA) is 68.2 Å². The molecule has 3 aromatic rings. The molecule has 0 bridgehead atoms. The van der Waals surface area contributed by atoms with E-state index in [4.69, 9.17) is 14.2 Å². The summed E-state index contributed by atoms with van der Waals surface area (Å²) >= 11 is 0. The molecule has 0 aromatic heterocycles. The first-order chi connectivity index (χ1) is 14.0. The molecule has 0 saturated heterocycles. The van der Waals surface area contributed by atoms with Crippen LogP contribution >= 0.6 is 0 Å². The molecule has 0 amide bonds. The summed E-state index contributed by atoms with van der Waals surface area (Å²) in [5.74, 6) is 2.51. The fourth-order valence-corrected chi connectivity index (χ4v) is 4.18. The molecule has 0 spiro atoms. The SMILES string of the molecule is COc1cc(C)c(C2c3ccc(O)cc3OCC2c2ccc(O)cc2)c(OC)c1. The summed E-state index contributed by atoms with van der Waals surface area (Å²) in [7, 11) is 3.30. The molecule has 2 N–H and O–H groups in total. The maximum atomic E-state index is 9.93. The van der Waals surface area contributed by atoms with Gasteiger partial charge in [-0.25, -0.2) is 0 Å². The van der Waals surface area contributed by atoms with Crippen LogP contribution in [0.25, 0.3) is 0 Å². The molecule has 1 aliphatic heterocycles. The van der Waals surface area contributed by atoms with Gasteiger partial charge in [0.1, 0.15) is 28.7 Å². The predicted molar refractivity (Wildman–Crippen MR) is 111 cm³/mol. The monoisotopic (exact) mass is 392 g/mol. The van der Waals surface area contributed by atoms with Gasteiger partial charge >= 0.3 is 0 Å². The normalized spacial score (nSPS) is 17.9. The highest BCUT2D eigenvalue weighted by Gasteiger charge is 2.36. The Morgan fingerprint density at radius 2 is 1.62 bits per heavy atom. The number of rotatable bonds is 4. The average Bonchev–Trinajstić information content (AvgIpc) is 2.73. The Morgan fingerprint density at radius 1 is 0.897 bits per heavy atom. The minimum absolute atomic E-state index is 0.00800. The molecule has 5 heteroatoms. The van der Waals surface area contributed by atoms with Crippen LogP contribution < -0.4 is 14.2 Å². The van der Waals surface area contributed by atoms with Gasteiger partial charge in [-0.05, 0) is 42.3 Å². The number of aryl methyl sites for hydroxylation is 1. The van der Waals surface area contributed by atoms with Crippen LogP contribution in [0, 0.1) is 6.92 Å². The van der Waals surface area contributed by atoms with Crippen LogP contribution in [0.1, 0.15) is 34.1 Å². The van der Waals surface area contributed by atoms with Gasteiger partial charge < -0.3 is 24.4 Å². The van der Waals surface area contributed by atoms with Crippen molar-refractivity contribution in [2.75, 3.05) is 20.8 Å². The smallest absolute Gasteiger partial charge is 0.126 e. The van der Waals surface area contributed by atoms with Crippen molar-refractivity contribution in [2.45, 2.75) is 18.8 Å². The van der Waals surface area contributed by atoms with Crippen LogP contribution in [0.4, 0.5) is 0 Å². The molecule has 3 aromatic carbocycles. The molecule has 2 atom stereocenters. The van der Waals surface area contributed by atoms with Crippen LogP contribution in [0.3, 0.4) is 0 Å². The van der Waals surface area contributed by atoms with E-state index in [9.17, 15) is 10.2 Å². The van der Waals surface area contributed by atoms with Crippen LogP contribution in [0.15, 0.2) is 54.6 Å². The minimum atomic E-state index is -0.0512. The number of methoxy groups -OCH3 is 2. The molecule has 1 heterocycles. The van der Waals surface area contributed by atoms with E-state index in [0.717, 1.165) is 33.8 Å². The molecular weight excluding hydrogens is 368 g/mol. The molecule has 5 nitrogen and oxygen atoms in total. The zero-order valence-electron chi connectivity index (χ0n) is 16.7. The van der Waals surface area contributed by atoms with Gasteiger partial charge in [0.25, 0.3) is 0 Å². The maximum absolute atomic E-state index is 9.93. The van der Waals surface area contributed by atoms with Gasteiger partial charge in [0.2, 0.25) is 0 Å². The van der Waals surface area contributed by atoms with Crippen molar-refractivity contribution in [1.29, 1.82) is 0 Å². The first kappa shape index (κ1) is 19.0. The van der Waals surface area contributed by atoms with Crippen molar-refractivity contribution in [3.05, 3.63) is 76.9 Å². The maximum Gasteiger partial charge on any atom is 0.126 e. The second kappa shape index (κ2) is 7.59. The lowest BCUT2D eigenvalue weighted by Crippen LogP contribution is -2.26. The number of aromatic hydroxyl groups is 2. The van der Waals surface area contributed by atoms with Crippen molar-refractivity contribution < 1.29 is 24.4 Å². The Labute approximate surface area is 170 Å². The Kier molecular flexibility index (Phi) is 4.97. The predicted octanol–water partition coefficient (Wildman–Crippen LogP) is 4.73. The van der Waals surface area contributed by atoms with Gasteiger partial charge in [0.05, 0.1) is 20.8 Å². The Morgan fingerprint density at radius 3 is 2.31 bits per heavy atom. The van der Waals surface area contributed by atoms with E-state index < -0.39 is 0 Å². The van der Waals surface area contributed by atoms with E-state index >= 15 is 0 Å². The Bertz CT molecular complexity index is 1030. The molecule has 150 valence electrons. The quantitative estimate of drug-likeness (QED) is 0.672. The summed E-state index contributed by atoms with van der Waals surface area (Å²) in [4.78, 5) is 0. The number of fused-ring (bicyclic) bond motifs is 1. The van der Waals surface area contributed by atoms with Crippen molar-refractivity contribution in [3.8, 4) is 28.7 Å². The van der Waals surface area contributed by atoms with E-state index in [2.05, 4.69) is 0 Å². The molecular formula is C24H24O5. The number of hydrogen-bond acceptors (Lipinski definition) is 5. The minimum Gasteiger partial charge on any atom is -0.508 e. The van der Waals surface area contributed by atoms with Crippen molar-refractivity contribution in [3.63, 3.8) is 0 Å². The zero-order chi connectivity index (χ0) is 20.5. The zero-order valence-corrected chi connectivity index (χ0v) is 16.7. The van der Waals surface area contributed by atoms with E-state index in [1.165, 1.54) is 0 Å². The van der Waals surface area contributed by atoms with Crippen molar-refractivity contribution >= 4 is 0 Å². The third-order valence-electron chi connectivity index (χ3n) is 5.56. The number of benzene rings is 3. The first-order valence-electron chi connectivity index (χ1n) is 9.49. The van der Waals surface area contributed by atoms with Gasteiger partial charge in [-0.3, -0.25) is 0 Å². The van der Waals surface area contributed by atoms with E-state index in [1.54, 1.807) is 38.5 Å². The van der Waals surface area contributed by atoms with E-state index in [1.807, 2.05) is 37.3 Å². The summed E-state index contributed by atoms with van der Waals surface area (Å²) in [6, 6.07) is 16.4. The second-order valence-electron chi connectivity index (χ2n) is 7.27. The number of phenols is 2. The lowest BCUT2D eigenvalue weighted by Gasteiger charge is -2.36. The van der Waals surface area contributed by atoms with Crippen molar-refractivity contribution in [2.24, 2.45) is 0 Å². The Hall–Kier alpha value is -3.34. The molecule has 0 fully saturated rings. The third kappa shape index (κ3) is 3.44. The lowest BCUT2D eigenvalue weighted by atomic mass is 9.74. The largest absolute Gasteiger partial charge is 0.508 e. The molecule has 0 radical (unpaired) electrons. The van der Waals surface area contributed by atoms with Crippen LogP contribution in [-0.4, -0.2) is 31.0 Å². The van der Waals surface area contributed by atoms with E-state index in [0.29, 0.717) is 12.4 Å². The molecule has 29 heavy (non-hydrogen) atoms. The summed E-state index contributed by atoms with van der Waals surface area (Å²) in [5.41, 5.74) is 4.15. The Balaban J connectivity index is 1.94. The summed E-state index contributed by atoms with van der Waals surface area (Å²) in [5, 5.41) is 19.7. The summed E-state index contributed by atoms with van der Waals surface area (Å²) < 4.78 is 17.2. The molecule has 0 aliphatic carbocycles. The highest BCUT2D eigenvalue weighted by molar-refractivity contribution is 5.57. The van der Waals surface area contributed by atoms with Crippen LogP contribution in [0.5, 0.6) is 28.7 Å². The average molecular weight is 392 g/mol. The molecule has 4 rings (SSSR count). The highest BCUT2D eigenvalue weighted by atomic mass is 16.5. The molecule has 2 unspecified atom stereocenters. The summed E-state index contributed by atoms with van der Waals surface area (Å²) in [6.07, 6.45) is 0. The lowest BCUT2D eigenvalue weighted by molar-refractivity contribution is 0.245. The van der Waals surface area contributed by atoms with Gasteiger partial charge in [0, 0.05) is 35.1 Å². The fourth-order valence-electron chi connectivity index (χ4n) is 4.18. The first-order valence-corrected chi connectivity index (χ1v) is 9.49. The second-order valence-corrected chi connectivity index (χ2v) is 7.27. The van der Waals surface area contributed by atoms with Crippen LogP contribution in [0.2, 0.25) is 0 Å². The fraction of sp³-hybridized carbons (Fsp3) is 0.250. The van der Waals surface area contributed by atoms with E-state index in [-0.39, 0.29) is 23.3 Å². The third-order valence-corrected chi connectivity index (χ3v) is 5.56. The molecule has 1 aliphatic rings. The highest BCUT2D eigenvalue weighted by Crippen LogP contribution is 2.50. The number of hydrogen-bond donors (Lipinski definition) is 2. The van der Waals surface area contributed by atoms with Gasteiger partial charge in [-0.1, -0.05) is 18.2 Å². The van der Waals surface area contributed by atoms with Gasteiger partial charge in [0.15, 0.2) is 0 Å². The standard InChI is InChI=1S/C24H24O5/c1-14-10-18(27-2)12-22(28-3)23(14)24-19-9-8-17(26)11-21(19)29-13-20(24)15-4-6-16(25)7-5-15/h4-12,20,24-26H,13H2,1-3H3. The number of phenolic OH excluding ortho intramolecular Hbond substituents is 2. The number of ether oxygens (including phenoxy) is 3. The summed E-state index contributed by atoms with van der Waals surface area (Å²) in [6.45, 7) is 2.49. The van der Waals surface area contributed by atoms with Gasteiger partial charge in [-0.15, -0.1) is 0 Å². The molecule has 0 saturated carbocycles. The van der Waals surface area contributed by atoms with Crippen LogP contribution in [-0.2, 0) is 0 Å². The van der Waals surface area contributed by atoms with Crippen molar-refractivity contribution in [1.82, 2.24) is 0 Å². The van der Waals surface area contributed by atoms with Gasteiger partial charge in [-0.2, -0.15) is 0 Å².